The summed E-state index contributed by atoms with van der Waals surface area (Å²) < 4.78 is 4.88. The first-order valence-electron chi connectivity index (χ1n) is 6.42. The summed E-state index contributed by atoms with van der Waals surface area (Å²) in [6.07, 6.45) is 1.18. The Morgan fingerprint density at radius 1 is 1.17 bits per heavy atom. The van der Waals surface area contributed by atoms with Crippen LogP contribution in [0.15, 0.2) is 30.5 Å². The average Bonchev–Trinajstić information content (AvgIpc) is 2.53. The van der Waals surface area contributed by atoms with Gasteiger partial charge in [-0.15, -0.1) is 0 Å². The largest absolute Gasteiger partial charge is 0.451 e. The molecule has 0 radical (unpaired) electrons. The molecule has 1 N–H and O–H groups in total. The van der Waals surface area contributed by atoms with Crippen molar-refractivity contribution in [3.8, 4) is 0 Å². The molecule has 5 nitrogen and oxygen atoms in total. The molecule has 1 aromatic carbocycles. The molecule has 0 bridgehead atoms. The van der Waals surface area contributed by atoms with Crippen molar-refractivity contribution in [1.29, 1.82) is 0 Å². The summed E-state index contributed by atoms with van der Waals surface area (Å²) in [7, 11) is 0. The standard InChI is InChI=1S/C15H11Cl3N2O3/c1-8-4-2-3-5-10(8)20-11(21)7-23-15(22)14-13(18)12(17)9(16)6-19-14/h2-6H,7H2,1H3,(H,20,21). The number of nitrogens with one attached hydrogen (secondary N) is 1. The summed E-state index contributed by atoms with van der Waals surface area (Å²) in [6, 6.07) is 7.23. The molecule has 1 heterocycles. The van der Waals surface area contributed by atoms with Gasteiger partial charge in [0.25, 0.3) is 5.91 Å². The van der Waals surface area contributed by atoms with Crippen molar-refractivity contribution in [2.45, 2.75) is 6.92 Å². The van der Waals surface area contributed by atoms with Crippen LogP contribution in [0.5, 0.6) is 0 Å². The molecular weight excluding hydrogens is 363 g/mol. The van der Waals surface area contributed by atoms with Gasteiger partial charge < -0.3 is 10.1 Å². The number of amides is 1. The third-order valence-electron chi connectivity index (χ3n) is 2.86. The molecule has 0 aliphatic rings. The van der Waals surface area contributed by atoms with Gasteiger partial charge in [-0.2, -0.15) is 0 Å². The predicted molar refractivity (Wildman–Crippen MR) is 89.4 cm³/mol. The van der Waals surface area contributed by atoms with Crippen molar-refractivity contribution in [3.05, 3.63) is 56.8 Å². The maximum Gasteiger partial charge on any atom is 0.359 e. The topological polar surface area (TPSA) is 68.3 Å². The van der Waals surface area contributed by atoms with E-state index < -0.39 is 18.5 Å². The van der Waals surface area contributed by atoms with Gasteiger partial charge >= 0.3 is 5.97 Å². The van der Waals surface area contributed by atoms with E-state index in [9.17, 15) is 9.59 Å². The number of pyridine rings is 1. The number of ether oxygens (including phenoxy) is 1. The SMILES string of the molecule is Cc1ccccc1NC(=O)COC(=O)c1ncc(Cl)c(Cl)c1Cl. The van der Waals surface area contributed by atoms with Crippen LogP contribution in [0.3, 0.4) is 0 Å². The van der Waals surface area contributed by atoms with E-state index in [4.69, 9.17) is 39.5 Å². The van der Waals surface area contributed by atoms with Gasteiger partial charge in [0.05, 0.1) is 15.1 Å². The fourth-order valence-electron chi connectivity index (χ4n) is 1.68. The van der Waals surface area contributed by atoms with Crippen LogP contribution in [0, 0.1) is 6.92 Å². The molecule has 23 heavy (non-hydrogen) atoms. The highest BCUT2D eigenvalue weighted by Crippen LogP contribution is 2.31. The molecule has 0 aliphatic heterocycles. The van der Waals surface area contributed by atoms with E-state index in [1.807, 2.05) is 19.1 Å². The van der Waals surface area contributed by atoms with Gasteiger partial charge in [0.2, 0.25) is 0 Å². The Kier molecular flexibility index (Phi) is 5.82. The van der Waals surface area contributed by atoms with E-state index in [0.29, 0.717) is 5.69 Å². The maximum atomic E-state index is 11.9. The summed E-state index contributed by atoms with van der Waals surface area (Å²) in [4.78, 5) is 27.5. The Hall–Kier alpha value is -1.82. The molecule has 0 fully saturated rings. The lowest BCUT2D eigenvalue weighted by atomic mass is 10.2. The lowest BCUT2D eigenvalue weighted by Gasteiger charge is -2.09. The van der Waals surface area contributed by atoms with E-state index >= 15 is 0 Å². The highest BCUT2D eigenvalue weighted by molar-refractivity contribution is 6.48. The summed E-state index contributed by atoms with van der Waals surface area (Å²) in [5.74, 6) is -1.35. The fourth-order valence-corrected chi connectivity index (χ4v) is 2.24. The van der Waals surface area contributed by atoms with E-state index in [0.717, 1.165) is 5.56 Å². The third kappa shape index (κ3) is 4.34. The highest BCUT2D eigenvalue weighted by atomic mass is 35.5. The first kappa shape index (κ1) is 17.5. The quantitative estimate of drug-likeness (QED) is 0.818. The second-order valence-electron chi connectivity index (χ2n) is 4.52. The molecule has 1 amide bonds. The molecule has 120 valence electrons. The Bertz CT molecular complexity index is 766. The first-order valence-corrected chi connectivity index (χ1v) is 7.55. The summed E-state index contributed by atoms with van der Waals surface area (Å²) >= 11 is 17.4. The minimum Gasteiger partial charge on any atom is -0.451 e. The number of carbonyl (C=O) groups excluding carboxylic acids is 2. The smallest absolute Gasteiger partial charge is 0.359 e. The summed E-state index contributed by atoms with van der Waals surface area (Å²) in [5, 5.41) is 2.63. The van der Waals surface area contributed by atoms with Crippen LogP contribution in [-0.4, -0.2) is 23.5 Å². The van der Waals surface area contributed by atoms with Crippen molar-refractivity contribution in [1.82, 2.24) is 4.98 Å². The van der Waals surface area contributed by atoms with Gasteiger partial charge in [-0.05, 0) is 18.6 Å². The zero-order valence-corrected chi connectivity index (χ0v) is 14.2. The van der Waals surface area contributed by atoms with E-state index in [1.54, 1.807) is 12.1 Å². The van der Waals surface area contributed by atoms with E-state index in [2.05, 4.69) is 10.3 Å². The Labute approximate surface area is 147 Å². The van der Waals surface area contributed by atoms with Crippen LogP contribution in [-0.2, 0) is 9.53 Å². The van der Waals surface area contributed by atoms with Crippen molar-refractivity contribution < 1.29 is 14.3 Å². The molecule has 0 atom stereocenters. The second-order valence-corrected chi connectivity index (χ2v) is 5.69. The van der Waals surface area contributed by atoms with E-state index in [1.165, 1.54) is 6.20 Å². The minimum absolute atomic E-state index is 0.000329. The monoisotopic (exact) mass is 372 g/mol. The molecule has 1 aromatic heterocycles. The van der Waals surface area contributed by atoms with Crippen LogP contribution >= 0.6 is 34.8 Å². The predicted octanol–water partition coefficient (Wildman–Crippen LogP) is 4.15. The lowest BCUT2D eigenvalue weighted by molar-refractivity contribution is -0.119. The fraction of sp³-hybridized carbons (Fsp3) is 0.133. The Morgan fingerprint density at radius 2 is 1.87 bits per heavy atom. The normalized spacial score (nSPS) is 10.3. The number of halogens is 3. The molecule has 0 unspecified atom stereocenters. The average molecular weight is 374 g/mol. The van der Waals surface area contributed by atoms with Crippen molar-refractivity contribution in [2.75, 3.05) is 11.9 Å². The molecular formula is C15H11Cl3N2O3. The van der Waals surface area contributed by atoms with Crippen molar-refractivity contribution in [2.24, 2.45) is 0 Å². The molecule has 0 saturated carbocycles. The van der Waals surface area contributed by atoms with Gasteiger partial charge in [0, 0.05) is 11.9 Å². The van der Waals surface area contributed by atoms with Gasteiger partial charge in [-0.1, -0.05) is 53.0 Å². The number of rotatable bonds is 4. The van der Waals surface area contributed by atoms with Crippen molar-refractivity contribution in [3.63, 3.8) is 0 Å². The Balaban J connectivity index is 1.98. The van der Waals surface area contributed by atoms with Crippen molar-refractivity contribution >= 4 is 52.4 Å². The first-order chi connectivity index (χ1) is 10.9. The molecule has 0 saturated heterocycles. The van der Waals surface area contributed by atoms with Crippen LogP contribution < -0.4 is 5.32 Å². The molecule has 2 rings (SSSR count). The van der Waals surface area contributed by atoms with Gasteiger partial charge in [-0.25, -0.2) is 9.78 Å². The zero-order chi connectivity index (χ0) is 17.0. The number of hydrogen-bond donors (Lipinski definition) is 1. The highest BCUT2D eigenvalue weighted by Gasteiger charge is 2.19. The van der Waals surface area contributed by atoms with E-state index in [-0.39, 0.29) is 20.8 Å². The zero-order valence-electron chi connectivity index (χ0n) is 11.9. The number of aromatic nitrogens is 1. The number of anilines is 1. The van der Waals surface area contributed by atoms with Gasteiger partial charge in [0.1, 0.15) is 0 Å². The number of carbonyl (C=O) groups is 2. The third-order valence-corrected chi connectivity index (χ3v) is 4.10. The van der Waals surface area contributed by atoms with Gasteiger partial charge in [0.15, 0.2) is 12.3 Å². The lowest BCUT2D eigenvalue weighted by Crippen LogP contribution is -2.22. The van der Waals surface area contributed by atoms with Crippen LogP contribution in [0.2, 0.25) is 15.1 Å². The second kappa shape index (κ2) is 7.64. The number of aryl methyl sites for hydroxylation is 1. The summed E-state index contributed by atoms with van der Waals surface area (Å²) in [6.45, 7) is 1.37. The van der Waals surface area contributed by atoms with Crippen LogP contribution in [0.1, 0.15) is 16.1 Å². The number of hydrogen-bond acceptors (Lipinski definition) is 4. The molecule has 0 spiro atoms. The number of nitrogens with zero attached hydrogens (tertiary/aromatic N) is 1. The van der Waals surface area contributed by atoms with Crippen LogP contribution in [0.4, 0.5) is 5.69 Å². The summed E-state index contributed by atoms with van der Waals surface area (Å²) in [5.41, 5.74) is 1.32. The van der Waals surface area contributed by atoms with Crippen LogP contribution in [0.25, 0.3) is 0 Å². The number of para-hydroxylation sites is 1. The minimum atomic E-state index is -0.867. The number of esters is 1. The molecule has 2 aromatic rings. The Morgan fingerprint density at radius 3 is 2.57 bits per heavy atom. The number of benzene rings is 1. The molecule has 0 aliphatic carbocycles. The maximum absolute atomic E-state index is 11.9. The molecule has 8 heteroatoms. The van der Waals surface area contributed by atoms with Gasteiger partial charge in [-0.3, -0.25) is 4.79 Å².